The maximum Gasteiger partial charge on any atom is 0.418 e. The summed E-state index contributed by atoms with van der Waals surface area (Å²) in [5.74, 6) is 0.968. The van der Waals surface area contributed by atoms with E-state index in [-0.39, 0.29) is 11.7 Å². The SMILES string of the molecule is CC(C)Cn1cnnc1C1CCCN1c1cc(Cl)c(C(F)(F)F)cc1[N+](=O)[O-]. The first-order valence-electron chi connectivity index (χ1n) is 8.79. The van der Waals surface area contributed by atoms with Gasteiger partial charge in [0, 0.05) is 19.2 Å². The molecule has 152 valence electrons. The molecule has 1 atom stereocenters. The molecule has 1 aromatic carbocycles. The number of rotatable bonds is 5. The summed E-state index contributed by atoms with van der Waals surface area (Å²) in [7, 11) is 0. The molecule has 0 saturated carbocycles. The van der Waals surface area contributed by atoms with E-state index in [1.54, 1.807) is 11.2 Å². The molecule has 3 rings (SSSR count). The van der Waals surface area contributed by atoms with E-state index in [0.717, 1.165) is 12.5 Å². The van der Waals surface area contributed by atoms with Crippen molar-refractivity contribution in [2.45, 2.75) is 45.5 Å². The molecule has 1 aromatic heterocycles. The highest BCUT2D eigenvalue weighted by molar-refractivity contribution is 6.31. The van der Waals surface area contributed by atoms with E-state index in [4.69, 9.17) is 11.6 Å². The Balaban J connectivity index is 2.06. The fourth-order valence-electron chi connectivity index (χ4n) is 3.52. The van der Waals surface area contributed by atoms with Gasteiger partial charge in [0.1, 0.15) is 12.0 Å². The minimum Gasteiger partial charge on any atom is -0.356 e. The molecule has 0 N–H and O–H groups in total. The van der Waals surface area contributed by atoms with Gasteiger partial charge in [0.05, 0.1) is 21.6 Å². The molecular weight excluding hydrogens is 399 g/mol. The summed E-state index contributed by atoms with van der Waals surface area (Å²) < 4.78 is 41.3. The van der Waals surface area contributed by atoms with Gasteiger partial charge in [0.15, 0.2) is 5.82 Å². The number of anilines is 1. The van der Waals surface area contributed by atoms with Crippen molar-refractivity contribution in [1.29, 1.82) is 0 Å². The van der Waals surface area contributed by atoms with Crippen LogP contribution in [-0.2, 0) is 12.7 Å². The largest absolute Gasteiger partial charge is 0.418 e. The molecule has 7 nitrogen and oxygen atoms in total. The van der Waals surface area contributed by atoms with Gasteiger partial charge in [-0.1, -0.05) is 25.4 Å². The molecule has 2 heterocycles. The van der Waals surface area contributed by atoms with Crippen molar-refractivity contribution >= 4 is 23.0 Å². The molecule has 0 amide bonds. The molecular formula is C17H19ClF3N5O2. The number of nitro groups is 1. The second-order valence-corrected chi connectivity index (χ2v) is 7.57. The summed E-state index contributed by atoms with van der Waals surface area (Å²) in [5, 5.41) is 19.1. The van der Waals surface area contributed by atoms with Crippen molar-refractivity contribution < 1.29 is 18.1 Å². The molecule has 2 aromatic rings. The number of nitro benzene ring substituents is 1. The lowest BCUT2D eigenvalue weighted by Gasteiger charge is -2.27. The van der Waals surface area contributed by atoms with Crippen LogP contribution in [0.3, 0.4) is 0 Å². The first-order valence-corrected chi connectivity index (χ1v) is 9.17. The Morgan fingerprint density at radius 1 is 1.39 bits per heavy atom. The van der Waals surface area contributed by atoms with E-state index < -0.39 is 27.4 Å². The number of benzene rings is 1. The van der Waals surface area contributed by atoms with Gasteiger partial charge < -0.3 is 9.47 Å². The van der Waals surface area contributed by atoms with Crippen LogP contribution >= 0.6 is 11.6 Å². The van der Waals surface area contributed by atoms with Gasteiger partial charge in [-0.05, 0) is 24.8 Å². The van der Waals surface area contributed by atoms with Crippen LogP contribution in [0, 0.1) is 16.0 Å². The van der Waals surface area contributed by atoms with Crippen LogP contribution in [0.1, 0.15) is 44.1 Å². The number of aromatic nitrogens is 3. The van der Waals surface area contributed by atoms with Gasteiger partial charge in [-0.25, -0.2) is 0 Å². The molecule has 28 heavy (non-hydrogen) atoms. The lowest BCUT2D eigenvalue weighted by Crippen LogP contribution is -2.26. The van der Waals surface area contributed by atoms with Crippen LogP contribution in [0.5, 0.6) is 0 Å². The Bertz CT molecular complexity index is 884. The summed E-state index contributed by atoms with van der Waals surface area (Å²) in [5.41, 5.74) is -1.79. The van der Waals surface area contributed by atoms with Gasteiger partial charge in [-0.15, -0.1) is 10.2 Å². The van der Waals surface area contributed by atoms with Gasteiger partial charge in [0.25, 0.3) is 5.69 Å². The van der Waals surface area contributed by atoms with Crippen LogP contribution in [0.25, 0.3) is 0 Å². The molecule has 1 aliphatic rings. The zero-order chi connectivity index (χ0) is 20.6. The van der Waals surface area contributed by atoms with Gasteiger partial charge in [-0.2, -0.15) is 13.2 Å². The zero-order valence-electron chi connectivity index (χ0n) is 15.3. The molecule has 1 fully saturated rings. The maximum absolute atomic E-state index is 13.1. The predicted molar refractivity (Wildman–Crippen MR) is 97.3 cm³/mol. The number of hydrogen-bond donors (Lipinski definition) is 0. The summed E-state index contributed by atoms with van der Waals surface area (Å²) >= 11 is 5.84. The lowest BCUT2D eigenvalue weighted by atomic mass is 10.1. The van der Waals surface area contributed by atoms with E-state index >= 15 is 0 Å². The fourth-order valence-corrected chi connectivity index (χ4v) is 3.79. The fraction of sp³-hybridized carbons (Fsp3) is 0.529. The highest BCUT2D eigenvalue weighted by Crippen LogP contribution is 2.45. The lowest BCUT2D eigenvalue weighted by molar-refractivity contribution is -0.384. The molecule has 11 heteroatoms. The second kappa shape index (κ2) is 7.57. The first kappa shape index (κ1) is 20.4. The third kappa shape index (κ3) is 3.91. The normalized spacial score (nSPS) is 17.5. The van der Waals surface area contributed by atoms with Crippen molar-refractivity contribution in [1.82, 2.24) is 14.8 Å². The minimum atomic E-state index is -4.78. The van der Waals surface area contributed by atoms with Crippen LogP contribution in [-0.4, -0.2) is 26.2 Å². The highest BCUT2D eigenvalue weighted by atomic mass is 35.5. The van der Waals surface area contributed by atoms with E-state index in [1.807, 2.05) is 18.4 Å². The first-order chi connectivity index (χ1) is 13.1. The minimum absolute atomic E-state index is 0.0598. The van der Waals surface area contributed by atoms with E-state index in [0.29, 0.717) is 37.3 Å². The van der Waals surface area contributed by atoms with E-state index in [1.165, 1.54) is 0 Å². The Kier molecular flexibility index (Phi) is 5.51. The molecule has 0 aliphatic carbocycles. The van der Waals surface area contributed by atoms with E-state index in [2.05, 4.69) is 10.2 Å². The Morgan fingerprint density at radius 3 is 2.71 bits per heavy atom. The summed E-state index contributed by atoms with van der Waals surface area (Å²) in [4.78, 5) is 12.4. The van der Waals surface area contributed by atoms with E-state index in [9.17, 15) is 23.3 Å². The Hall–Kier alpha value is -2.36. The summed E-state index contributed by atoms with van der Waals surface area (Å²) in [6, 6.07) is 1.21. The van der Waals surface area contributed by atoms with Crippen LogP contribution < -0.4 is 4.90 Å². The zero-order valence-corrected chi connectivity index (χ0v) is 16.0. The molecule has 0 spiro atoms. The third-order valence-corrected chi connectivity index (χ3v) is 4.95. The number of hydrogen-bond acceptors (Lipinski definition) is 5. The van der Waals surface area contributed by atoms with Gasteiger partial charge in [0.2, 0.25) is 0 Å². The molecule has 0 bridgehead atoms. The monoisotopic (exact) mass is 417 g/mol. The van der Waals surface area contributed by atoms with Crippen molar-refractivity contribution in [3.05, 3.63) is 45.0 Å². The molecule has 1 unspecified atom stereocenters. The quantitative estimate of drug-likeness (QED) is 0.513. The maximum atomic E-state index is 13.1. The van der Waals surface area contributed by atoms with Crippen molar-refractivity contribution in [2.24, 2.45) is 5.92 Å². The highest BCUT2D eigenvalue weighted by Gasteiger charge is 2.39. The van der Waals surface area contributed by atoms with Gasteiger partial charge in [-0.3, -0.25) is 10.1 Å². The third-order valence-electron chi connectivity index (χ3n) is 4.63. The number of halogens is 4. The van der Waals surface area contributed by atoms with Crippen molar-refractivity contribution in [2.75, 3.05) is 11.4 Å². The van der Waals surface area contributed by atoms with Crippen molar-refractivity contribution in [3.8, 4) is 0 Å². The Morgan fingerprint density at radius 2 is 2.11 bits per heavy atom. The number of alkyl halides is 3. The average Bonchev–Trinajstić information content (AvgIpc) is 3.20. The molecule has 1 aliphatic heterocycles. The topological polar surface area (TPSA) is 77.1 Å². The van der Waals surface area contributed by atoms with Crippen LogP contribution in [0.4, 0.5) is 24.5 Å². The van der Waals surface area contributed by atoms with Crippen LogP contribution in [0.15, 0.2) is 18.5 Å². The average molecular weight is 418 g/mol. The predicted octanol–water partition coefficient (Wildman–Crippen LogP) is 4.86. The van der Waals surface area contributed by atoms with Crippen molar-refractivity contribution in [3.63, 3.8) is 0 Å². The van der Waals surface area contributed by atoms with Crippen LogP contribution in [0.2, 0.25) is 5.02 Å². The standard InChI is InChI=1S/C17H19ClF3N5O2/c1-10(2)8-24-9-22-23-16(24)13-4-3-5-25(13)14-7-12(18)11(17(19,20)21)6-15(14)26(27)28/h6-7,9-10,13H,3-5,8H2,1-2H3. The Labute approximate surface area is 164 Å². The van der Waals surface area contributed by atoms with Gasteiger partial charge >= 0.3 is 6.18 Å². The molecule has 1 saturated heterocycles. The smallest absolute Gasteiger partial charge is 0.356 e. The summed E-state index contributed by atoms with van der Waals surface area (Å²) in [6.45, 7) is 5.19. The second-order valence-electron chi connectivity index (χ2n) is 7.16. The molecule has 0 radical (unpaired) electrons. The summed E-state index contributed by atoms with van der Waals surface area (Å²) in [6.07, 6.45) is -1.80. The number of nitrogens with zero attached hydrogens (tertiary/aromatic N) is 5.